The van der Waals surface area contributed by atoms with Crippen molar-refractivity contribution in [1.82, 2.24) is 0 Å². The first-order valence-electron chi connectivity index (χ1n) is 7.47. The van der Waals surface area contributed by atoms with E-state index in [1.807, 2.05) is 0 Å². The molecule has 3 aromatic rings. The molecule has 1 aromatic heterocycles. The second-order valence-electron chi connectivity index (χ2n) is 5.27. The van der Waals surface area contributed by atoms with Gasteiger partial charge in [-0.1, -0.05) is 12.1 Å². The lowest BCUT2D eigenvalue weighted by molar-refractivity contribution is -0.114. The van der Waals surface area contributed by atoms with E-state index in [4.69, 9.17) is 4.74 Å². The summed E-state index contributed by atoms with van der Waals surface area (Å²) in [5.74, 6) is -0.555. The van der Waals surface area contributed by atoms with Crippen LogP contribution in [0.3, 0.4) is 0 Å². The van der Waals surface area contributed by atoms with Crippen molar-refractivity contribution in [1.29, 1.82) is 0 Å². The maximum atomic E-state index is 13.0. The number of hydrogen-bond acceptors (Lipinski definition) is 4. The zero-order valence-corrected chi connectivity index (χ0v) is 14.1. The van der Waals surface area contributed by atoms with Crippen molar-refractivity contribution in [3.8, 4) is 16.2 Å². The topological polar surface area (TPSA) is 55.4 Å². The number of thiophene rings is 1. The average Bonchev–Trinajstić information content (AvgIpc) is 3.07. The van der Waals surface area contributed by atoms with Gasteiger partial charge in [0, 0.05) is 17.5 Å². The number of carbonyl (C=O) groups is 2. The van der Waals surface area contributed by atoms with Gasteiger partial charge in [0.1, 0.15) is 16.4 Å². The van der Waals surface area contributed by atoms with E-state index < -0.39 is 5.97 Å². The number of esters is 1. The fourth-order valence-corrected chi connectivity index (χ4v) is 3.07. The Labute approximate surface area is 147 Å². The summed E-state index contributed by atoms with van der Waals surface area (Å²) >= 11 is 1.28. The highest BCUT2D eigenvalue weighted by molar-refractivity contribution is 7.17. The Morgan fingerprint density at radius 2 is 1.64 bits per heavy atom. The van der Waals surface area contributed by atoms with Crippen LogP contribution in [0.5, 0.6) is 5.75 Å². The Morgan fingerprint density at radius 1 is 0.960 bits per heavy atom. The molecule has 2 aromatic carbocycles. The van der Waals surface area contributed by atoms with E-state index in [2.05, 4.69) is 5.32 Å². The normalized spacial score (nSPS) is 10.3. The molecule has 126 valence electrons. The monoisotopic (exact) mass is 355 g/mol. The molecular weight excluding hydrogens is 341 g/mol. The number of rotatable bonds is 4. The lowest BCUT2D eigenvalue weighted by Crippen LogP contribution is -2.07. The standard InChI is InChI=1S/C19H14FNO3S/c1-12(22)21-15-6-8-16(9-7-15)24-19(23)18-11-10-17(25-18)13-2-4-14(20)5-3-13/h2-11H,1H3,(H,21,22). The maximum Gasteiger partial charge on any atom is 0.353 e. The summed E-state index contributed by atoms with van der Waals surface area (Å²) in [4.78, 5) is 24.5. The minimum atomic E-state index is -0.467. The van der Waals surface area contributed by atoms with E-state index in [1.54, 1.807) is 48.5 Å². The van der Waals surface area contributed by atoms with Gasteiger partial charge >= 0.3 is 5.97 Å². The number of carbonyl (C=O) groups excluding carboxylic acids is 2. The fourth-order valence-electron chi connectivity index (χ4n) is 2.18. The molecule has 0 saturated carbocycles. The van der Waals surface area contributed by atoms with Crippen molar-refractivity contribution in [2.24, 2.45) is 0 Å². The lowest BCUT2D eigenvalue weighted by atomic mass is 10.2. The van der Waals surface area contributed by atoms with Crippen LogP contribution >= 0.6 is 11.3 Å². The molecule has 25 heavy (non-hydrogen) atoms. The quantitative estimate of drug-likeness (QED) is 0.544. The minimum Gasteiger partial charge on any atom is -0.422 e. The van der Waals surface area contributed by atoms with Gasteiger partial charge in [-0.3, -0.25) is 4.79 Å². The van der Waals surface area contributed by atoms with Crippen LogP contribution in [0.2, 0.25) is 0 Å². The fraction of sp³-hybridized carbons (Fsp3) is 0.0526. The van der Waals surface area contributed by atoms with Crippen LogP contribution in [0.4, 0.5) is 10.1 Å². The summed E-state index contributed by atoms with van der Waals surface area (Å²) in [6.45, 7) is 1.42. The third-order valence-electron chi connectivity index (χ3n) is 3.32. The van der Waals surface area contributed by atoms with E-state index in [9.17, 15) is 14.0 Å². The van der Waals surface area contributed by atoms with Crippen molar-refractivity contribution in [2.75, 3.05) is 5.32 Å². The molecule has 6 heteroatoms. The number of benzene rings is 2. The van der Waals surface area contributed by atoms with Gasteiger partial charge in [0.25, 0.3) is 0 Å². The van der Waals surface area contributed by atoms with Crippen molar-refractivity contribution in [2.45, 2.75) is 6.92 Å². The summed E-state index contributed by atoms with van der Waals surface area (Å²) in [7, 11) is 0. The predicted octanol–water partition coefficient (Wildman–Crippen LogP) is 4.73. The van der Waals surface area contributed by atoms with Gasteiger partial charge in [-0.2, -0.15) is 0 Å². The first-order chi connectivity index (χ1) is 12.0. The molecule has 0 fully saturated rings. The molecule has 1 heterocycles. The van der Waals surface area contributed by atoms with Crippen LogP contribution in [0.15, 0.2) is 60.7 Å². The molecule has 0 radical (unpaired) electrons. The number of ether oxygens (including phenoxy) is 1. The first-order valence-corrected chi connectivity index (χ1v) is 8.28. The van der Waals surface area contributed by atoms with E-state index in [0.29, 0.717) is 16.3 Å². The molecule has 0 saturated heterocycles. The highest BCUT2D eigenvalue weighted by atomic mass is 32.1. The summed E-state index contributed by atoms with van der Waals surface area (Å²) in [5.41, 5.74) is 1.46. The Hall–Kier alpha value is -2.99. The first kappa shape index (κ1) is 16.9. The molecule has 1 N–H and O–H groups in total. The van der Waals surface area contributed by atoms with Crippen LogP contribution < -0.4 is 10.1 Å². The number of hydrogen-bond donors (Lipinski definition) is 1. The molecule has 3 rings (SSSR count). The molecule has 4 nitrogen and oxygen atoms in total. The highest BCUT2D eigenvalue weighted by Gasteiger charge is 2.13. The van der Waals surface area contributed by atoms with Crippen molar-refractivity contribution in [3.05, 3.63) is 71.4 Å². The zero-order valence-electron chi connectivity index (χ0n) is 13.3. The molecule has 0 unspecified atom stereocenters. The third-order valence-corrected chi connectivity index (χ3v) is 4.44. The second kappa shape index (κ2) is 7.27. The Morgan fingerprint density at radius 3 is 2.28 bits per heavy atom. The lowest BCUT2D eigenvalue weighted by Gasteiger charge is -2.05. The smallest absolute Gasteiger partial charge is 0.353 e. The van der Waals surface area contributed by atoms with Gasteiger partial charge in [-0.25, -0.2) is 9.18 Å². The van der Waals surface area contributed by atoms with Gasteiger partial charge in [0.05, 0.1) is 0 Å². The van der Waals surface area contributed by atoms with Gasteiger partial charge in [-0.05, 0) is 54.1 Å². The van der Waals surface area contributed by atoms with E-state index in [0.717, 1.165) is 10.4 Å². The maximum absolute atomic E-state index is 13.0. The predicted molar refractivity (Wildman–Crippen MR) is 95.4 cm³/mol. The molecular formula is C19H14FNO3S. The van der Waals surface area contributed by atoms with E-state index >= 15 is 0 Å². The summed E-state index contributed by atoms with van der Waals surface area (Å²) in [6, 6.07) is 16.1. The van der Waals surface area contributed by atoms with Crippen LogP contribution in [-0.2, 0) is 4.79 Å². The van der Waals surface area contributed by atoms with Gasteiger partial charge in [0.2, 0.25) is 5.91 Å². The molecule has 0 spiro atoms. The zero-order chi connectivity index (χ0) is 17.8. The highest BCUT2D eigenvalue weighted by Crippen LogP contribution is 2.29. The molecule has 0 bridgehead atoms. The van der Waals surface area contributed by atoms with Crippen LogP contribution in [0.1, 0.15) is 16.6 Å². The molecule has 1 amide bonds. The largest absolute Gasteiger partial charge is 0.422 e. The number of anilines is 1. The van der Waals surface area contributed by atoms with E-state index in [1.165, 1.54) is 30.4 Å². The van der Waals surface area contributed by atoms with Crippen molar-refractivity contribution in [3.63, 3.8) is 0 Å². The van der Waals surface area contributed by atoms with Gasteiger partial charge < -0.3 is 10.1 Å². The van der Waals surface area contributed by atoms with Crippen molar-refractivity contribution < 1.29 is 18.7 Å². The van der Waals surface area contributed by atoms with Gasteiger partial charge in [-0.15, -0.1) is 11.3 Å². The summed E-state index contributed by atoms with van der Waals surface area (Å²) < 4.78 is 18.3. The summed E-state index contributed by atoms with van der Waals surface area (Å²) in [6.07, 6.45) is 0. The van der Waals surface area contributed by atoms with Crippen LogP contribution in [0.25, 0.3) is 10.4 Å². The minimum absolute atomic E-state index is 0.170. The second-order valence-corrected chi connectivity index (χ2v) is 6.35. The Bertz CT molecular complexity index is 901. The Balaban J connectivity index is 1.69. The molecule has 0 aliphatic rings. The third kappa shape index (κ3) is 4.30. The number of halogens is 1. The molecule has 0 aliphatic heterocycles. The van der Waals surface area contributed by atoms with Crippen molar-refractivity contribution >= 4 is 28.9 Å². The average molecular weight is 355 g/mol. The summed E-state index contributed by atoms with van der Waals surface area (Å²) in [5, 5.41) is 2.64. The van der Waals surface area contributed by atoms with E-state index in [-0.39, 0.29) is 11.7 Å². The van der Waals surface area contributed by atoms with Crippen LogP contribution in [-0.4, -0.2) is 11.9 Å². The number of nitrogens with one attached hydrogen (secondary N) is 1. The SMILES string of the molecule is CC(=O)Nc1ccc(OC(=O)c2ccc(-c3ccc(F)cc3)s2)cc1. The van der Waals surface area contributed by atoms with Crippen LogP contribution in [0, 0.1) is 5.82 Å². The Kier molecular flexibility index (Phi) is 4.90. The molecule has 0 atom stereocenters. The molecule has 0 aliphatic carbocycles. The number of amides is 1. The van der Waals surface area contributed by atoms with Gasteiger partial charge in [0.15, 0.2) is 0 Å².